The van der Waals surface area contributed by atoms with Gasteiger partial charge in [-0.2, -0.15) is 0 Å². The fraction of sp³-hybridized carbons (Fsp3) is 0.0833. The molecule has 14 heavy (non-hydrogen) atoms. The predicted octanol–water partition coefficient (Wildman–Crippen LogP) is 2.34. The van der Waals surface area contributed by atoms with Gasteiger partial charge in [0.05, 0.1) is 0 Å². The molecule has 1 aromatic carbocycles. The highest BCUT2D eigenvalue weighted by Crippen LogP contribution is 2.32. The molecule has 0 saturated heterocycles. The average molecular weight is 180 g/mol. The molecule has 0 bridgehead atoms. The molecule has 2 heteroatoms. The van der Waals surface area contributed by atoms with Crippen molar-refractivity contribution in [3.8, 4) is 0 Å². The van der Waals surface area contributed by atoms with Crippen LogP contribution in [-0.2, 0) is 0 Å². The van der Waals surface area contributed by atoms with Gasteiger partial charge in [-0.1, -0.05) is 30.8 Å². The minimum absolute atomic E-state index is 0.0921. The molecule has 2 radical (unpaired) electrons. The van der Waals surface area contributed by atoms with Crippen LogP contribution in [0.25, 0.3) is 5.57 Å². The SMILES string of the molecule is [B]C1=C(C)C(=C)c2ccccc2C1=O. The Hall–Kier alpha value is -1.57. The van der Waals surface area contributed by atoms with Crippen LogP contribution in [0.5, 0.6) is 0 Å². The second-order valence-electron chi connectivity index (χ2n) is 3.39. The van der Waals surface area contributed by atoms with Gasteiger partial charge in [-0.3, -0.25) is 4.79 Å². The van der Waals surface area contributed by atoms with Crippen LogP contribution in [0, 0.1) is 0 Å². The lowest BCUT2D eigenvalue weighted by molar-refractivity contribution is 0.104. The van der Waals surface area contributed by atoms with Crippen molar-refractivity contribution in [2.24, 2.45) is 0 Å². The van der Waals surface area contributed by atoms with Crippen molar-refractivity contribution >= 4 is 19.2 Å². The van der Waals surface area contributed by atoms with Gasteiger partial charge in [0, 0.05) is 5.56 Å². The molecule has 0 unspecified atom stereocenters. The van der Waals surface area contributed by atoms with Crippen LogP contribution in [0.2, 0.25) is 0 Å². The number of benzene rings is 1. The summed E-state index contributed by atoms with van der Waals surface area (Å²) in [5.41, 5.74) is 3.49. The van der Waals surface area contributed by atoms with Crippen molar-refractivity contribution in [1.29, 1.82) is 0 Å². The third-order valence-electron chi connectivity index (χ3n) is 2.60. The van der Waals surface area contributed by atoms with Gasteiger partial charge in [-0.25, -0.2) is 0 Å². The molecule has 1 aliphatic carbocycles. The van der Waals surface area contributed by atoms with Crippen LogP contribution in [-0.4, -0.2) is 13.6 Å². The highest BCUT2D eigenvalue weighted by molar-refractivity contribution is 6.43. The highest BCUT2D eigenvalue weighted by atomic mass is 16.1. The first-order chi connectivity index (χ1) is 6.63. The molecule has 2 rings (SSSR count). The maximum atomic E-state index is 11.7. The molecule has 0 fully saturated rings. The largest absolute Gasteiger partial charge is 0.290 e. The van der Waals surface area contributed by atoms with Crippen molar-refractivity contribution in [3.63, 3.8) is 0 Å². The second-order valence-corrected chi connectivity index (χ2v) is 3.39. The van der Waals surface area contributed by atoms with Crippen LogP contribution in [0.4, 0.5) is 0 Å². The van der Waals surface area contributed by atoms with Gasteiger partial charge >= 0.3 is 0 Å². The van der Waals surface area contributed by atoms with E-state index in [1.165, 1.54) is 0 Å². The highest BCUT2D eigenvalue weighted by Gasteiger charge is 2.22. The van der Waals surface area contributed by atoms with E-state index in [4.69, 9.17) is 7.85 Å². The smallest absolute Gasteiger partial charge is 0.179 e. The Morgan fingerprint density at radius 2 is 1.79 bits per heavy atom. The minimum Gasteiger partial charge on any atom is -0.290 e. The summed E-state index contributed by atoms with van der Waals surface area (Å²) in [7, 11) is 5.70. The van der Waals surface area contributed by atoms with Gasteiger partial charge < -0.3 is 0 Å². The topological polar surface area (TPSA) is 17.1 Å². The molecule has 0 aromatic heterocycles. The van der Waals surface area contributed by atoms with E-state index in [2.05, 4.69) is 6.58 Å². The van der Waals surface area contributed by atoms with Crippen LogP contribution < -0.4 is 0 Å². The maximum Gasteiger partial charge on any atom is 0.179 e. The molecule has 0 atom stereocenters. The van der Waals surface area contributed by atoms with Crippen LogP contribution in [0.3, 0.4) is 0 Å². The number of ketones is 1. The van der Waals surface area contributed by atoms with Crippen molar-refractivity contribution in [1.82, 2.24) is 0 Å². The molecule has 0 N–H and O–H groups in total. The minimum atomic E-state index is -0.0921. The maximum absolute atomic E-state index is 11.7. The summed E-state index contributed by atoms with van der Waals surface area (Å²) in [5.74, 6) is -0.0921. The first-order valence-corrected chi connectivity index (χ1v) is 4.42. The van der Waals surface area contributed by atoms with E-state index in [1.807, 2.05) is 25.1 Å². The van der Waals surface area contributed by atoms with E-state index in [1.54, 1.807) is 6.07 Å². The zero-order chi connectivity index (χ0) is 10.3. The molecular weight excluding hydrogens is 171 g/mol. The summed E-state index contributed by atoms with van der Waals surface area (Å²) >= 11 is 0. The summed E-state index contributed by atoms with van der Waals surface area (Å²) in [5, 5.41) is 0. The number of carbonyl (C=O) groups excluding carboxylic acids is 1. The number of rotatable bonds is 0. The van der Waals surface area contributed by atoms with Gasteiger partial charge in [-0.15, -0.1) is 0 Å². The molecule has 0 heterocycles. The predicted molar refractivity (Wildman–Crippen MR) is 58.3 cm³/mol. The van der Waals surface area contributed by atoms with Crippen LogP contribution >= 0.6 is 0 Å². The molecule has 1 aliphatic rings. The molecule has 0 aliphatic heterocycles. The first kappa shape index (κ1) is 9.01. The van der Waals surface area contributed by atoms with E-state index in [-0.39, 0.29) is 5.78 Å². The number of hydrogen-bond acceptors (Lipinski definition) is 1. The molecular formula is C12H9BO. The Morgan fingerprint density at radius 1 is 1.21 bits per heavy atom. The van der Waals surface area contributed by atoms with Crippen molar-refractivity contribution in [2.45, 2.75) is 6.92 Å². The Bertz CT molecular complexity index is 426. The summed E-state index contributed by atoms with van der Waals surface area (Å²) in [6.45, 7) is 5.76. The molecule has 0 amide bonds. The van der Waals surface area contributed by atoms with E-state index in [9.17, 15) is 4.79 Å². The summed E-state index contributed by atoms with van der Waals surface area (Å²) in [6.07, 6.45) is 0. The standard InChI is InChI=1S/C12H9BO/c1-7-8(2)11(13)12(14)10-6-4-3-5-9(7)10/h3-6H,1H2,2H3. The average Bonchev–Trinajstić information content (AvgIpc) is 2.23. The fourth-order valence-corrected chi connectivity index (χ4v) is 1.62. The Morgan fingerprint density at radius 3 is 2.43 bits per heavy atom. The van der Waals surface area contributed by atoms with Crippen molar-refractivity contribution in [3.05, 3.63) is 53.0 Å². The van der Waals surface area contributed by atoms with E-state index in [0.717, 1.165) is 16.7 Å². The Balaban J connectivity index is 2.73. The lowest BCUT2D eigenvalue weighted by atomic mass is 9.75. The monoisotopic (exact) mass is 180 g/mol. The summed E-state index contributed by atoms with van der Waals surface area (Å²) in [6, 6.07) is 7.40. The summed E-state index contributed by atoms with van der Waals surface area (Å²) < 4.78 is 0. The van der Waals surface area contributed by atoms with E-state index < -0.39 is 0 Å². The number of allylic oxidation sites excluding steroid dienone is 3. The zero-order valence-electron chi connectivity index (χ0n) is 8.00. The lowest BCUT2D eigenvalue weighted by Gasteiger charge is -2.20. The van der Waals surface area contributed by atoms with Gasteiger partial charge in [0.1, 0.15) is 7.85 Å². The van der Waals surface area contributed by atoms with Crippen LogP contribution in [0.1, 0.15) is 22.8 Å². The molecule has 1 nitrogen and oxygen atoms in total. The van der Waals surface area contributed by atoms with E-state index in [0.29, 0.717) is 11.0 Å². The number of fused-ring (bicyclic) bond motifs is 1. The van der Waals surface area contributed by atoms with Gasteiger partial charge in [-0.05, 0) is 29.1 Å². The van der Waals surface area contributed by atoms with E-state index >= 15 is 0 Å². The second kappa shape index (κ2) is 2.98. The molecule has 1 aromatic rings. The number of hydrogen-bond donors (Lipinski definition) is 0. The Kier molecular flexibility index (Phi) is 1.92. The molecule has 66 valence electrons. The third kappa shape index (κ3) is 1.07. The third-order valence-corrected chi connectivity index (χ3v) is 2.60. The normalized spacial score (nSPS) is 15.8. The number of carbonyl (C=O) groups is 1. The molecule has 0 spiro atoms. The first-order valence-electron chi connectivity index (χ1n) is 4.42. The Labute approximate surface area is 84.5 Å². The number of Topliss-reactive ketones (excluding diaryl/α,β-unsaturated/α-hetero) is 1. The van der Waals surface area contributed by atoms with Gasteiger partial charge in [0.15, 0.2) is 5.78 Å². The fourth-order valence-electron chi connectivity index (χ4n) is 1.62. The van der Waals surface area contributed by atoms with Crippen molar-refractivity contribution < 1.29 is 4.79 Å². The molecule has 0 saturated carbocycles. The zero-order valence-corrected chi connectivity index (χ0v) is 8.00. The van der Waals surface area contributed by atoms with Crippen molar-refractivity contribution in [2.75, 3.05) is 0 Å². The quantitative estimate of drug-likeness (QED) is 0.560. The van der Waals surface area contributed by atoms with Gasteiger partial charge in [0.2, 0.25) is 0 Å². The van der Waals surface area contributed by atoms with Crippen LogP contribution in [0.15, 0.2) is 41.9 Å². The lowest BCUT2D eigenvalue weighted by Crippen LogP contribution is -2.14. The van der Waals surface area contributed by atoms with Gasteiger partial charge in [0.25, 0.3) is 0 Å². The summed E-state index contributed by atoms with van der Waals surface area (Å²) in [4.78, 5) is 11.7.